The van der Waals surface area contributed by atoms with Gasteiger partial charge in [-0.25, -0.2) is 4.79 Å². The zero-order chi connectivity index (χ0) is 13.7. The van der Waals surface area contributed by atoms with Crippen molar-refractivity contribution in [3.8, 4) is 5.75 Å². The van der Waals surface area contributed by atoms with Crippen LogP contribution in [-0.2, 0) is 9.53 Å². The highest BCUT2D eigenvalue weighted by Crippen LogP contribution is 2.37. The van der Waals surface area contributed by atoms with Gasteiger partial charge in [0.25, 0.3) is 0 Å². The smallest absolute Gasteiger partial charge is 0.373 e. The summed E-state index contributed by atoms with van der Waals surface area (Å²) in [7, 11) is 1.32. The van der Waals surface area contributed by atoms with E-state index in [4.69, 9.17) is 4.74 Å². The number of halogens is 3. The van der Waals surface area contributed by atoms with Crippen molar-refractivity contribution in [2.75, 3.05) is 7.11 Å². The van der Waals surface area contributed by atoms with Crippen LogP contribution in [0.5, 0.6) is 5.75 Å². The minimum absolute atomic E-state index is 0.170. The Labute approximate surface area is 131 Å². The van der Waals surface area contributed by atoms with E-state index in [0.29, 0.717) is 12.2 Å². The van der Waals surface area contributed by atoms with E-state index in [2.05, 4.69) is 52.5 Å². The molecule has 0 aliphatic carbocycles. The van der Waals surface area contributed by atoms with Gasteiger partial charge < -0.3 is 9.47 Å². The number of carbonyl (C=O) groups excluding carboxylic acids is 1. The number of allylic oxidation sites excluding steroid dienone is 1. The van der Waals surface area contributed by atoms with Crippen molar-refractivity contribution >= 4 is 53.8 Å². The molecule has 1 aromatic rings. The van der Waals surface area contributed by atoms with Crippen molar-refractivity contribution in [1.29, 1.82) is 0 Å². The fraction of sp³-hybridized carbons (Fsp3) is 0.250. The summed E-state index contributed by atoms with van der Waals surface area (Å²) in [6.45, 7) is 1.91. The maximum absolute atomic E-state index is 11.5. The van der Waals surface area contributed by atoms with Gasteiger partial charge in [0.1, 0.15) is 0 Å². The monoisotopic (exact) mass is 440 g/mol. The molecule has 0 heterocycles. The van der Waals surface area contributed by atoms with E-state index in [-0.39, 0.29) is 5.76 Å². The van der Waals surface area contributed by atoms with E-state index in [1.54, 1.807) is 6.08 Å². The second-order valence-electron chi connectivity index (χ2n) is 3.27. The Hall–Kier alpha value is -0.330. The first-order valence-electron chi connectivity index (χ1n) is 5.10. The molecule has 0 aliphatic heterocycles. The third-order valence-electron chi connectivity index (χ3n) is 1.95. The molecule has 0 aliphatic rings. The van der Waals surface area contributed by atoms with E-state index in [1.165, 1.54) is 7.11 Å². The summed E-state index contributed by atoms with van der Waals surface area (Å²) in [4.78, 5) is 11.5. The van der Waals surface area contributed by atoms with Crippen molar-refractivity contribution in [2.45, 2.75) is 13.3 Å². The molecule has 1 rings (SSSR count). The molecule has 0 N–H and O–H groups in total. The second-order valence-corrected chi connectivity index (χ2v) is 5.89. The van der Waals surface area contributed by atoms with Gasteiger partial charge in [-0.1, -0.05) is 22.9 Å². The van der Waals surface area contributed by atoms with Crippen LogP contribution in [0.25, 0.3) is 0 Å². The average molecular weight is 443 g/mol. The molecule has 0 unspecified atom stereocenters. The van der Waals surface area contributed by atoms with Gasteiger partial charge >= 0.3 is 5.97 Å². The maximum atomic E-state index is 11.5. The third kappa shape index (κ3) is 4.10. The van der Waals surface area contributed by atoms with Gasteiger partial charge in [-0.3, -0.25) is 0 Å². The van der Waals surface area contributed by atoms with E-state index in [0.717, 1.165) is 13.4 Å². The van der Waals surface area contributed by atoms with Crippen molar-refractivity contribution < 1.29 is 14.3 Å². The number of rotatable bonds is 4. The highest BCUT2D eigenvalue weighted by molar-refractivity contribution is 9.11. The summed E-state index contributed by atoms with van der Waals surface area (Å²) in [6.07, 6.45) is 2.35. The third-order valence-corrected chi connectivity index (χ3v) is 3.59. The molecule has 98 valence electrons. The van der Waals surface area contributed by atoms with Gasteiger partial charge in [0.15, 0.2) is 5.75 Å². The van der Waals surface area contributed by atoms with Crippen molar-refractivity contribution in [1.82, 2.24) is 0 Å². The minimum atomic E-state index is -0.501. The topological polar surface area (TPSA) is 35.5 Å². The van der Waals surface area contributed by atoms with Crippen LogP contribution in [0.2, 0.25) is 0 Å². The number of hydrogen-bond donors (Lipinski definition) is 0. The van der Waals surface area contributed by atoms with Gasteiger partial charge in [0.2, 0.25) is 5.76 Å². The van der Waals surface area contributed by atoms with Crippen LogP contribution in [0, 0.1) is 0 Å². The van der Waals surface area contributed by atoms with Gasteiger partial charge in [0, 0.05) is 4.47 Å². The Balaban J connectivity index is 3.09. The Morgan fingerprint density at radius 3 is 2.28 bits per heavy atom. The van der Waals surface area contributed by atoms with Crippen molar-refractivity contribution in [2.24, 2.45) is 0 Å². The summed E-state index contributed by atoms with van der Waals surface area (Å²) < 4.78 is 12.6. The first-order valence-corrected chi connectivity index (χ1v) is 7.48. The van der Waals surface area contributed by atoms with Gasteiger partial charge in [0.05, 0.1) is 16.1 Å². The lowest BCUT2D eigenvalue weighted by Gasteiger charge is -2.12. The normalized spacial score (nSPS) is 11.3. The predicted octanol–water partition coefficient (Wildman–Crippen LogP) is 4.82. The number of ether oxygens (including phenoxy) is 2. The fourth-order valence-corrected chi connectivity index (χ4v) is 3.61. The second kappa shape index (κ2) is 7.31. The van der Waals surface area contributed by atoms with Gasteiger partial charge in [-0.15, -0.1) is 0 Å². The zero-order valence-electron chi connectivity index (χ0n) is 9.80. The first kappa shape index (κ1) is 15.7. The lowest BCUT2D eigenvalue weighted by molar-refractivity contribution is -0.138. The van der Waals surface area contributed by atoms with Crippen LogP contribution in [0.1, 0.15) is 13.3 Å². The van der Waals surface area contributed by atoms with E-state index >= 15 is 0 Å². The molecule has 0 fully saturated rings. The van der Waals surface area contributed by atoms with Crippen LogP contribution in [0.15, 0.2) is 37.4 Å². The first-order chi connectivity index (χ1) is 8.49. The van der Waals surface area contributed by atoms with E-state index < -0.39 is 5.97 Å². The number of benzene rings is 1. The number of esters is 1. The predicted molar refractivity (Wildman–Crippen MR) is 80.6 cm³/mol. The molecule has 18 heavy (non-hydrogen) atoms. The zero-order valence-corrected chi connectivity index (χ0v) is 14.6. The molecule has 0 atom stereocenters. The molecule has 0 saturated carbocycles. The van der Waals surface area contributed by atoms with Gasteiger partial charge in [-0.2, -0.15) is 0 Å². The molecule has 0 saturated heterocycles. The van der Waals surface area contributed by atoms with Crippen LogP contribution >= 0.6 is 47.8 Å². The van der Waals surface area contributed by atoms with Crippen LogP contribution < -0.4 is 4.74 Å². The van der Waals surface area contributed by atoms with E-state index in [1.807, 2.05) is 19.1 Å². The Bertz CT molecular complexity index is 460. The average Bonchev–Trinajstić information content (AvgIpc) is 2.31. The number of carbonyl (C=O) groups is 1. The standard InChI is InChI=1S/C12H11Br3O3/c1-3-4-10(12(16)17-2)18-11-8(14)5-7(13)6-9(11)15/h4-6H,3H2,1-2H3. The summed E-state index contributed by atoms with van der Waals surface area (Å²) in [5, 5.41) is 0. The molecular formula is C12H11Br3O3. The Morgan fingerprint density at radius 2 is 1.83 bits per heavy atom. The Kier molecular flexibility index (Phi) is 6.38. The molecule has 1 aromatic carbocycles. The lowest BCUT2D eigenvalue weighted by atomic mass is 10.3. The molecule has 6 heteroatoms. The molecule has 0 radical (unpaired) electrons. The Morgan fingerprint density at radius 1 is 1.28 bits per heavy atom. The molecule has 0 spiro atoms. The SMILES string of the molecule is CCC=C(Oc1c(Br)cc(Br)cc1Br)C(=O)OC. The van der Waals surface area contributed by atoms with Crippen LogP contribution in [-0.4, -0.2) is 13.1 Å². The van der Waals surface area contributed by atoms with Crippen molar-refractivity contribution in [3.05, 3.63) is 37.4 Å². The summed E-state index contributed by atoms with van der Waals surface area (Å²) in [5.74, 6) is 0.200. The maximum Gasteiger partial charge on any atom is 0.373 e. The highest BCUT2D eigenvalue weighted by atomic mass is 79.9. The van der Waals surface area contributed by atoms with Crippen LogP contribution in [0.3, 0.4) is 0 Å². The highest BCUT2D eigenvalue weighted by Gasteiger charge is 2.16. The van der Waals surface area contributed by atoms with Crippen LogP contribution in [0.4, 0.5) is 0 Å². The van der Waals surface area contributed by atoms with Gasteiger partial charge in [-0.05, 0) is 56.5 Å². The summed E-state index contributed by atoms with van der Waals surface area (Å²) >= 11 is 10.1. The minimum Gasteiger partial charge on any atom is -0.463 e. The molecule has 0 amide bonds. The molecule has 0 bridgehead atoms. The number of methoxy groups -OCH3 is 1. The molecule has 0 aromatic heterocycles. The molecule has 3 nitrogen and oxygen atoms in total. The summed E-state index contributed by atoms with van der Waals surface area (Å²) in [5.41, 5.74) is 0. The quantitative estimate of drug-likeness (QED) is 0.381. The van der Waals surface area contributed by atoms with Crippen molar-refractivity contribution in [3.63, 3.8) is 0 Å². The lowest BCUT2D eigenvalue weighted by Crippen LogP contribution is -2.11. The molecular weight excluding hydrogens is 432 g/mol. The number of hydrogen-bond acceptors (Lipinski definition) is 3. The summed E-state index contributed by atoms with van der Waals surface area (Å²) in [6, 6.07) is 3.67. The fourth-order valence-electron chi connectivity index (χ4n) is 1.19. The van der Waals surface area contributed by atoms with E-state index in [9.17, 15) is 4.79 Å². The largest absolute Gasteiger partial charge is 0.463 e.